The van der Waals surface area contributed by atoms with Gasteiger partial charge in [0.05, 0.1) is 19.3 Å². The molecule has 0 amide bonds. The van der Waals surface area contributed by atoms with Crippen LogP contribution in [0.5, 0.6) is 5.75 Å². The van der Waals surface area contributed by atoms with E-state index in [0.29, 0.717) is 0 Å². The van der Waals surface area contributed by atoms with Crippen LogP contribution in [-0.4, -0.2) is 19.3 Å². The van der Waals surface area contributed by atoms with Crippen LogP contribution < -0.4 is 4.74 Å². The first-order valence-corrected chi connectivity index (χ1v) is 5.12. The smallest absolute Gasteiger partial charge is 0.122 e. The molecule has 2 heteroatoms. The van der Waals surface area contributed by atoms with Gasteiger partial charge in [-0.05, 0) is 30.0 Å². The fourth-order valence-corrected chi connectivity index (χ4v) is 2.39. The molecule has 0 bridgehead atoms. The summed E-state index contributed by atoms with van der Waals surface area (Å²) < 4.78 is 10.9. The van der Waals surface area contributed by atoms with Crippen LogP contribution in [0.2, 0.25) is 0 Å². The number of hydrogen-bond acceptors (Lipinski definition) is 2. The molecule has 1 spiro atoms. The molecule has 1 heterocycles. The molecule has 3 rings (SSSR count). The summed E-state index contributed by atoms with van der Waals surface area (Å²) >= 11 is 0. The van der Waals surface area contributed by atoms with Gasteiger partial charge >= 0.3 is 0 Å². The summed E-state index contributed by atoms with van der Waals surface area (Å²) in [6, 6.07) is 6.31. The van der Waals surface area contributed by atoms with Gasteiger partial charge in [-0.15, -0.1) is 0 Å². The average molecular weight is 190 g/mol. The lowest BCUT2D eigenvalue weighted by Gasteiger charge is -2.23. The number of rotatable bonds is 1. The Bertz CT molecular complexity index is 367. The molecule has 0 N–H and O–H groups in total. The molecule has 2 nitrogen and oxygen atoms in total. The van der Waals surface area contributed by atoms with Crippen LogP contribution >= 0.6 is 0 Å². The highest BCUT2D eigenvalue weighted by Crippen LogP contribution is 2.42. The first-order chi connectivity index (χ1) is 6.83. The van der Waals surface area contributed by atoms with Crippen molar-refractivity contribution in [3.63, 3.8) is 0 Å². The molecule has 1 fully saturated rings. The van der Waals surface area contributed by atoms with E-state index in [4.69, 9.17) is 9.47 Å². The van der Waals surface area contributed by atoms with Crippen molar-refractivity contribution in [3.05, 3.63) is 29.3 Å². The van der Waals surface area contributed by atoms with Crippen molar-refractivity contribution in [1.29, 1.82) is 0 Å². The van der Waals surface area contributed by atoms with Crippen LogP contribution in [0.25, 0.3) is 0 Å². The Labute approximate surface area is 83.8 Å². The number of hydrogen-bond donors (Lipinski definition) is 0. The lowest BCUT2D eigenvalue weighted by molar-refractivity contribution is 0.275. The van der Waals surface area contributed by atoms with Crippen molar-refractivity contribution >= 4 is 0 Å². The van der Waals surface area contributed by atoms with Gasteiger partial charge in [0.25, 0.3) is 0 Å². The molecule has 1 aliphatic carbocycles. The minimum Gasteiger partial charge on any atom is -0.496 e. The maximum atomic E-state index is 5.53. The molecule has 2 aliphatic rings. The van der Waals surface area contributed by atoms with Gasteiger partial charge in [-0.1, -0.05) is 12.1 Å². The molecule has 1 saturated heterocycles. The highest BCUT2D eigenvalue weighted by molar-refractivity contribution is 5.43. The van der Waals surface area contributed by atoms with E-state index in [9.17, 15) is 0 Å². The summed E-state index contributed by atoms with van der Waals surface area (Å²) in [5, 5.41) is 0. The van der Waals surface area contributed by atoms with E-state index in [1.54, 1.807) is 7.11 Å². The topological polar surface area (TPSA) is 21.8 Å². The van der Waals surface area contributed by atoms with Gasteiger partial charge in [0, 0.05) is 6.42 Å². The molecule has 0 saturated carbocycles. The number of fused-ring (bicyclic) bond motifs is 1. The van der Waals surface area contributed by atoms with Crippen LogP contribution in [0, 0.1) is 0 Å². The fraction of sp³-hybridized carbons (Fsp3) is 0.500. The Kier molecular flexibility index (Phi) is 1.62. The summed E-state index contributed by atoms with van der Waals surface area (Å²) in [7, 11) is 1.74. The molecule has 1 atom stereocenters. The van der Waals surface area contributed by atoms with E-state index in [1.807, 2.05) is 6.07 Å². The van der Waals surface area contributed by atoms with Crippen LogP contribution in [0.15, 0.2) is 18.2 Å². The third-order valence-corrected chi connectivity index (χ3v) is 3.35. The van der Waals surface area contributed by atoms with Crippen molar-refractivity contribution in [2.24, 2.45) is 0 Å². The standard InChI is InChI=1S/C12H14O2/c1-13-11-4-2-3-9-7-12(8-14-12)6-5-10(9)11/h2-4H,5-8H2,1H3. The summed E-state index contributed by atoms with van der Waals surface area (Å²) in [5.74, 6) is 1.04. The normalized spacial score (nSPS) is 28.6. The van der Waals surface area contributed by atoms with E-state index in [1.165, 1.54) is 11.1 Å². The second kappa shape index (κ2) is 2.74. The maximum Gasteiger partial charge on any atom is 0.122 e. The third-order valence-electron chi connectivity index (χ3n) is 3.35. The van der Waals surface area contributed by atoms with Gasteiger partial charge in [-0.2, -0.15) is 0 Å². The molecule has 0 aromatic heterocycles. The Morgan fingerprint density at radius 1 is 1.43 bits per heavy atom. The van der Waals surface area contributed by atoms with Gasteiger partial charge in [-0.25, -0.2) is 0 Å². The van der Waals surface area contributed by atoms with Gasteiger partial charge in [0.1, 0.15) is 5.75 Å². The first kappa shape index (κ1) is 8.30. The van der Waals surface area contributed by atoms with Crippen LogP contribution in [0.1, 0.15) is 17.5 Å². The lowest BCUT2D eigenvalue weighted by Crippen LogP contribution is -2.22. The van der Waals surface area contributed by atoms with Crippen LogP contribution in [0.3, 0.4) is 0 Å². The summed E-state index contributed by atoms with van der Waals surface area (Å²) in [5.41, 5.74) is 3.00. The second-order valence-corrected chi connectivity index (χ2v) is 4.25. The molecular formula is C12H14O2. The summed E-state index contributed by atoms with van der Waals surface area (Å²) in [6.45, 7) is 0.948. The Morgan fingerprint density at radius 2 is 2.29 bits per heavy atom. The van der Waals surface area contributed by atoms with E-state index in [0.717, 1.165) is 31.6 Å². The SMILES string of the molecule is COc1cccc2c1CCC1(CO1)C2. The number of benzene rings is 1. The van der Waals surface area contributed by atoms with Crippen LogP contribution in [0.4, 0.5) is 0 Å². The molecule has 1 aromatic carbocycles. The van der Waals surface area contributed by atoms with E-state index in [-0.39, 0.29) is 5.60 Å². The molecular weight excluding hydrogens is 176 g/mol. The summed E-state index contributed by atoms with van der Waals surface area (Å²) in [6.07, 6.45) is 3.32. The highest BCUT2D eigenvalue weighted by Gasteiger charge is 2.46. The Hall–Kier alpha value is -1.02. The van der Waals surface area contributed by atoms with Crippen molar-refractivity contribution in [1.82, 2.24) is 0 Å². The zero-order valence-corrected chi connectivity index (χ0v) is 8.38. The lowest BCUT2D eigenvalue weighted by atomic mass is 9.83. The molecule has 1 unspecified atom stereocenters. The van der Waals surface area contributed by atoms with Crippen LogP contribution in [-0.2, 0) is 17.6 Å². The zero-order chi connectivity index (χ0) is 9.60. The van der Waals surface area contributed by atoms with Gasteiger partial charge in [0.15, 0.2) is 0 Å². The quantitative estimate of drug-likeness (QED) is 0.631. The molecule has 1 aliphatic heterocycles. The predicted molar refractivity (Wildman–Crippen MR) is 53.7 cm³/mol. The third kappa shape index (κ3) is 1.14. The predicted octanol–water partition coefficient (Wildman–Crippen LogP) is 1.95. The average Bonchev–Trinajstić information content (AvgIpc) is 2.96. The minimum atomic E-state index is 0.208. The number of ether oxygens (including phenoxy) is 2. The summed E-state index contributed by atoms with van der Waals surface area (Å²) in [4.78, 5) is 0. The first-order valence-electron chi connectivity index (χ1n) is 5.12. The number of methoxy groups -OCH3 is 1. The van der Waals surface area contributed by atoms with Crippen molar-refractivity contribution < 1.29 is 9.47 Å². The molecule has 1 aromatic rings. The Balaban J connectivity index is 2.01. The van der Waals surface area contributed by atoms with E-state index < -0.39 is 0 Å². The largest absolute Gasteiger partial charge is 0.496 e. The zero-order valence-electron chi connectivity index (χ0n) is 8.38. The minimum absolute atomic E-state index is 0.208. The molecule has 74 valence electrons. The van der Waals surface area contributed by atoms with Crippen molar-refractivity contribution in [2.75, 3.05) is 13.7 Å². The monoisotopic (exact) mass is 190 g/mol. The van der Waals surface area contributed by atoms with E-state index in [2.05, 4.69) is 12.1 Å². The Morgan fingerprint density at radius 3 is 3.00 bits per heavy atom. The van der Waals surface area contributed by atoms with Gasteiger partial charge < -0.3 is 9.47 Å². The van der Waals surface area contributed by atoms with Crippen molar-refractivity contribution in [2.45, 2.75) is 24.9 Å². The van der Waals surface area contributed by atoms with Crippen molar-refractivity contribution in [3.8, 4) is 5.75 Å². The molecule has 0 radical (unpaired) electrons. The number of epoxide rings is 1. The van der Waals surface area contributed by atoms with E-state index >= 15 is 0 Å². The fourth-order valence-electron chi connectivity index (χ4n) is 2.39. The van der Waals surface area contributed by atoms with Gasteiger partial charge in [-0.3, -0.25) is 0 Å². The van der Waals surface area contributed by atoms with Gasteiger partial charge in [0.2, 0.25) is 0 Å². The second-order valence-electron chi connectivity index (χ2n) is 4.25. The molecule has 14 heavy (non-hydrogen) atoms. The highest BCUT2D eigenvalue weighted by atomic mass is 16.6. The maximum absolute atomic E-state index is 5.53.